The van der Waals surface area contributed by atoms with E-state index >= 15 is 0 Å². The quantitative estimate of drug-likeness (QED) is 0.874. The van der Waals surface area contributed by atoms with Gasteiger partial charge < -0.3 is 5.73 Å². The van der Waals surface area contributed by atoms with Gasteiger partial charge in [0.15, 0.2) is 5.13 Å². The summed E-state index contributed by atoms with van der Waals surface area (Å²) >= 11 is 1.25. The molecule has 2 heterocycles. The summed E-state index contributed by atoms with van der Waals surface area (Å²) in [6, 6.07) is 2.91. The molecule has 0 aliphatic heterocycles. The topological polar surface area (TPSA) is 98.0 Å². The van der Waals surface area contributed by atoms with Gasteiger partial charge in [-0.2, -0.15) is 0 Å². The van der Waals surface area contributed by atoms with Gasteiger partial charge in [-0.15, -0.1) is 11.3 Å². The Labute approximate surface area is 103 Å². The van der Waals surface area contributed by atoms with E-state index in [0.717, 1.165) is 4.88 Å². The summed E-state index contributed by atoms with van der Waals surface area (Å²) in [6.07, 6.45) is 3.02. The van der Waals surface area contributed by atoms with Crippen molar-refractivity contribution >= 4 is 32.3 Å². The van der Waals surface area contributed by atoms with Gasteiger partial charge >= 0.3 is 0 Å². The molecule has 0 spiro atoms. The van der Waals surface area contributed by atoms with E-state index in [0.29, 0.717) is 5.13 Å². The molecular weight excluding hydrogens is 260 g/mol. The Balaban J connectivity index is 2.35. The van der Waals surface area contributed by atoms with Crippen LogP contribution in [0.2, 0.25) is 0 Å². The highest BCUT2D eigenvalue weighted by Crippen LogP contribution is 2.22. The smallest absolute Gasteiger partial charge is 0.267 e. The lowest BCUT2D eigenvalue weighted by Crippen LogP contribution is -2.15. The van der Waals surface area contributed by atoms with Crippen LogP contribution < -0.4 is 10.5 Å². The highest BCUT2D eigenvalue weighted by molar-refractivity contribution is 7.93. The number of aryl methyl sites for hydroxylation is 1. The molecule has 3 N–H and O–H groups in total. The third-order valence-electron chi connectivity index (χ3n) is 1.93. The largest absolute Gasteiger partial charge is 0.383 e. The van der Waals surface area contributed by atoms with Crippen molar-refractivity contribution in [3.63, 3.8) is 0 Å². The van der Waals surface area contributed by atoms with E-state index < -0.39 is 10.0 Å². The van der Waals surface area contributed by atoms with Crippen molar-refractivity contribution in [2.24, 2.45) is 0 Å². The number of nitrogen functional groups attached to an aromatic ring is 1. The molecule has 17 heavy (non-hydrogen) atoms. The first kappa shape index (κ1) is 11.8. The molecule has 0 unspecified atom stereocenters. The van der Waals surface area contributed by atoms with E-state index in [1.807, 2.05) is 6.92 Å². The summed E-state index contributed by atoms with van der Waals surface area (Å²) in [4.78, 5) is 8.53. The van der Waals surface area contributed by atoms with Crippen molar-refractivity contribution < 1.29 is 8.42 Å². The van der Waals surface area contributed by atoms with Gasteiger partial charge in [0.25, 0.3) is 10.0 Å². The maximum absolute atomic E-state index is 12.0. The van der Waals surface area contributed by atoms with Crippen LogP contribution in [-0.2, 0) is 10.0 Å². The van der Waals surface area contributed by atoms with Crippen molar-refractivity contribution in [3.05, 3.63) is 29.4 Å². The van der Waals surface area contributed by atoms with E-state index in [-0.39, 0.29) is 10.7 Å². The number of rotatable bonds is 3. The number of thiazole rings is 1. The van der Waals surface area contributed by atoms with Crippen molar-refractivity contribution in [1.82, 2.24) is 9.97 Å². The van der Waals surface area contributed by atoms with E-state index in [2.05, 4.69) is 14.7 Å². The fourth-order valence-corrected chi connectivity index (χ4v) is 3.19. The molecule has 2 aromatic rings. The Kier molecular flexibility index (Phi) is 2.99. The van der Waals surface area contributed by atoms with Gasteiger partial charge in [0, 0.05) is 17.3 Å². The molecule has 0 amide bonds. The molecule has 0 aliphatic carbocycles. The molecule has 8 heteroatoms. The van der Waals surface area contributed by atoms with Crippen LogP contribution in [0.15, 0.2) is 29.4 Å². The molecule has 90 valence electrons. The molecule has 0 saturated heterocycles. The zero-order chi connectivity index (χ0) is 12.5. The number of sulfonamides is 1. The number of hydrogen-bond acceptors (Lipinski definition) is 6. The first-order chi connectivity index (χ1) is 7.99. The van der Waals surface area contributed by atoms with Crippen LogP contribution in [0, 0.1) is 6.92 Å². The molecule has 0 saturated carbocycles. The lowest BCUT2D eigenvalue weighted by atomic mass is 10.5. The second kappa shape index (κ2) is 4.30. The summed E-state index contributed by atoms with van der Waals surface area (Å²) in [5, 5.41) is 0.311. The summed E-state index contributed by atoms with van der Waals surface area (Å²) < 4.78 is 26.3. The van der Waals surface area contributed by atoms with Crippen LogP contribution in [-0.4, -0.2) is 18.4 Å². The zero-order valence-electron chi connectivity index (χ0n) is 8.91. The third kappa shape index (κ3) is 2.53. The van der Waals surface area contributed by atoms with E-state index in [9.17, 15) is 8.42 Å². The zero-order valence-corrected chi connectivity index (χ0v) is 10.5. The van der Waals surface area contributed by atoms with Crippen LogP contribution in [0.3, 0.4) is 0 Å². The van der Waals surface area contributed by atoms with Gasteiger partial charge in [0.2, 0.25) is 0 Å². The van der Waals surface area contributed by atoms with Gasteiger partial charge in [-0.1, -0.05) is 0 Å². The average Bonchev–Trinajstić information content (AvgIpc) is 2.63. The summed E-state index contributed by atoms with van der Waals surface area (Å²) in [5.74, 6) is -0.0340. The molecule has 0 fully saturated rings. The van der Waals surface area contributed by atoms with Crippen molar-refractivity contribution in [2.45, 2.75) is 11.8 Å². The number of pyridine rings is 1. The first-order valence-corrected chi connectivity index (χ1v) is 6.95. The Bertz CT molecular complexity index is 636. The fourth-order valence-electron chi connectivity index (χ4n) is 1.20. The molecular formula is C9H10N4O2S2. The minimum absolute atomic E-state index is 0.0340. The monoisotopic (exact) mass is 270 g/mol. The number of aromatic nitrogens is 2. The van der Waals surface area contributed by atoms with Crippen LogP contribution in [0.4, 0.5) is 10.9 Å². The Morgan fingerprint density at radius 1 is 1.41 bits per heavy atom. The van der Waals surface area contributed by atoms with E-state index in [1.54, 1.807) is 6.20 Å². The molecule has 0 bridgehead atoms. The predicted molar refractivity (Wildman–Crippen MR) is 66.3 cm³/mol. The fraction of sp³-hybridized carbons (Fsp3) is 0.111. The van der Waals surface area contributed by atoms with Gasteiger partial charge in [0.05, 0.1) is 0 Å². The van der Waals surface area contributed by atoms with Gasteiger partial charge in [-0.3, -0.25) is 4.72 Å². The molecule has 0 atom stereocenters. The summed E-state index contributed by atoms with van der Waals surface area (Å²) in [7, 11) is -3.72. The lowest BCUT2D eigenvalue weighted by Gasteiger charge is -2.06. The summed E-state index contributed by atoms with van der Waals surface area (Å²) in [6.45, 7) is 1.84. The summed E-state index contributed by atoms with van der Waals surface area (Å²) in [5.41, 5.74) is 5.52. The highest BCUT2D eigenvalue weighted by Gasteiger charge is 2.19. The van der Waals surface area contributed by atoms with Crippen molar-refractivity contribution in [2.75, 3.05) is 10.5 Å². The molecule has 0 aliphatic rings. The van der Waals surface area contributed by atoms with Crippen LogP contribution in [0.25, 0.3) is 0 Å². The second-order valence-corrected chi connectivity index (χ2v) is 6.15. The normalized spacial score (nSPS) is 11.4. The predicted octanol–water partition coefficient (Wildman–Crippen LogP) is 1.23. The van der Waals surface area contributed by atoms with Crippen molar-refractivity contribution in [1.29, 1.82) is 0 Å². The molecule has 2 aromatic heterocycles. The SMILES string of the molecule is Cc1cnc(NS(=O)(=O)c2cccnc2N)s1. The minimum Gasteiger partial charge on any atom is -0.383 e. The first-order valence-electron chi connectivity index (χ1n) is 4.65. The minimum atomic E-state index is -3.72. The number of nitrogens with one attached hydrogen (secondary N) is 1. The van der Waals surface area contributed by atoms with Crippen LogP contribution in [0.1, 0.15) is 4.88 Å². The number of nitrogens with zero attached hydrogens (tertiary/aromatic N) is 2. The number of nitrogens with two attached hydrogens (primary N) is 1. The van der Waals surface area contributed by atoms with Gasteiger partial charge in [-0.05, 0) is 19.1 Å². The average molecular weight is 270 g/mol. The molecule has 6 nitrogen and oxygen atoms in total. The van der Waals surface area contributed by atoms with Gasteiger partial charge in [0.1, 0.15) is 10.7 Å². The van der Waals surface area contributed by atoms with E-state index in [1.165, 1.54) is 29.7 Å². The number of anilines is 2. The second-order valence-electron chi connectivity index (χ2n) is 3.27. The Hall–Kier alpha value is -1.67. The van der Waals surface area contributed by atoms with Crippen molar-refractivity contribution in [3.8, 4) is 0 Å². The maximum atomic E-state index is 12.0. The van der Waals surface area contributed by atoms with Gasteiger partial charge in [-0.25, -0.2) is 18.4 Å². The molecule has 0 aromatic carbocycles. The van der Waals surface area contributed by atoms with Crippen LogP contribution >= 0.6 is 11.3 Å². The van der Waals surface area contributed by atoms with E-state index in [4.69, 9.17) is 5.73 Å². The lowest BCUT2D eigenvalue weighted by molar-refractivity contribution is 0.601. The molecule has 0 radical (unpaired) electrons. The molecule has 2 rings (SSSR count). The number of hydrogen-bond donors (Lipinski definition) is 2. The third-order valence-corrected chi connectivity index (χ3v) is 4.28. The van der Waals surface area contributed by atoms with Crippen LogP contribution in [0.5, 0.6) is 0 Å². The standard InChI is InChI=1S/C9H10N4O2S2/c1-6-5-12-9(16-6)13-17(14,15)7-3-2-4-11-8(7)10/h2-5H,1H3,(H2,10,11)(H,12,13). The Morgan fingerprint density at radius 3 is 2.76 bits per heavy atom. The maximum Gasteiger partial charge on any atom is 0.267 e. The Morgan fingerprint density at radius 2 is 2.18 bits per heavy atom. The highest BCUT2D eigenvalue weighted by atomic mass is 32.2.